The minimum absolute atomic E-state index is 0.175. The number of rotatable bonds is 32. The molecule has 234 valence electrons. The maximum Gasteiger partial charge on any atom is 0.325 e. The topological polar surface area (TPSA) is 75.6 Å². The second-order valence-corrected chi connectivity index (χ2v) is 13.8. The number of amides is 1. The first-order valence-electron chi connectivity index (χ1n) is 17.2. The summed E-state index contributed by atoms with van der Waals surface area (Å²) in [5.74, 6) is 0.175. The van der Waals surface area contributed by atoms with Crippen LogP contribution >= 0.6 is 7.60 Å². The van der Waals surface area contributed by atoms with Crippen molar-refractivity contribution in [2.75, 3.05) is 19.8 Å². The molecule has 0 saturated carbocycles. The average molecular weight is 574 g/mol. The van der Waals surface area contributed by atoms with Crippen molar-refractivity contribution in [1.82, 2.24) is 5.32 Å². The van der Waals surface area contributed by atoms with Gasteiger partial charge in [-0.15, -0.1) is 0 Å². The molecule has 0 radical (unpaired) electrons. The van der Waals surface area contributed by atoms with E-state index in [4.69, 9.17) is 9.42 Å². The predicted molar refractivity (Wildman–Crippen MR) is 170 cm³/mol. The van der Waals surface area contributed by atoms with E-state index in [2.05, 4.69) is 12.2 Å². The summed E-state index contributed by atoms with van der Waals surface area (Å²) in [4.78, 5) is 21.0. The first kappa shape index (κ1) is 38.6. The van der Waals surface area contributed by atoms with Crippen molar-refractivity contribution in [3.05, 3.63) is 0 Å². The van der Waals surface area contributed by atoms with Gasteiger partial charge in [-0.1, -0.05) is 161 Å². The molecule has 0 spiro atoms. The molecule has 0 aromatic carbocycles. The third-order valence-corrected chi connectivity index (χ3v) is 8.39. The van der Waals surface area contributed by atoms with Gasteiger partial charge in [0.25, 0.3) is 0 Å². The summed E-state index contributed by atoms with van der Waals surface area (Å²) in [7, 11) is -3.33. The van der Waals surface area contributed by atoms with Crippen molar-refractivity contribution in [3.8, 4) is 0 Å². The van der Waals surface area contributed by atoms with Crippen molar-refractivity contribution < 1.29 is 18.8 Å². The van der Waals surface area contributed by atoms with Crippen molar-refractivity contribution in [3.63, 3.8) is 0 Å². The second kappa shape index (κ2) is 30.6. The van der Waals surface area contributed by atoms with Gasteiger partial charge in [-0.3, -0.25) is 9.36 Å². The highest BCUT2D eigenvalue weighted by Crippen LogP contribution is 2.36. The van der Waals surface area contributed by atoms with Crippen LogP contribution in [0.1, 0.15) is 187 Å². The van der Waals surface area contributed by atoms with Gasteiger partial charge in [0.05, 0.1) is 6.61 Å². The van der Waals surface area contributed by atoms with Gasteiger partial charge >= 0.3 is 7.60 Å². The SMILES string of the molecule is CCCCCCCCCCCCCCCCCCCCCCCCCC(=O)NCCCCCCOP(C)(=O)O. The lowest BCUT2D eigenvalue weighted by molar-refractivity contribution is -0.121. The molecule has 0 aromatic heterocycles. The van der Waals surface area contributed by atoms with Crippen LogP contribution in [0, 0.1) is 0 Å². The zero-order valence-electron chi connectivity index (χ0n) is 26.3. The highest BCUT2D eigenvalue weighted by Gasteiger charge is 2.08. The summed E-state index contributed by atoms with van der Waals surface area (Å²) in [5.41, 5.74) is 0. The molecule has 2 N–H and O–H groups in total. The Labute approximate surface area is 243 Å². The molecule has 0 rings (SSSR count). The summed E-state index contributed by atoms with van der Waals surface area (Å²) >= 11 is 0. The monoisotopic (exact) mass is 573 g/mol. The van der Waals surface area contributed by atoms with Gasteiger partial charge in [-0.2, -0.15) is 0 Å². The molecule has 1 amide bonds. The van der Waals surface area contributed by atoms with Crippen LogP contribution in [-0.4, -0.2) is 30.6 Å². The molecule has 0 aliphatic rings. The normalized spacial score (nSPS) is 13.0. The molecule has 0 aliphatic carbocycles. The molecular formula is C33H68NO4P. The third-order valence-electron chi connectivity index (χ3n) is 7.73. The van der Waals surface area contributed by atoms with Gasteiger partial charge in [0, 0.05) is 19.6 Å². The van der Waals surface area contributed by atoms with Crippen molar-refractivity contribution >= 4 is 13.5 Å². The first-order valence-corrected chi connectivity index (χ1v) is 19.2. The zero-order chi connectivity index (χ0) is 28.7. The lowest BCUT2D eigenvalue weighted by atomic mass is 10.0. The van der Waals surface area contributed by atoms with Gasteiger partial charge in [0.15, 0.2) is 0 Å². The van der Waals surface area contributed by atoms with Crippen LogP contribution < -0.4 is 5.32 Å². The van der Waals surface area contributed by atoms with E-state index in [0.717, 1.165) is 38.6 Å². The fourth-order valence-electron chi connectivity index (χ4n) is 5.20. The lowest BCUT2D eigenvalue weighted by Crippen LogP contribution is -2.23. The molecule has 6 heteroatoms. The Morgan fingerprint density at radius 3 is 1.28 bits per heavy atom. The van der Waals surface area contributed by atoms with Crippen LogP contribution in [0.4, 0.5) is 0 Å². The zero-order valence-corrected chi connectivity index (χ0v) is 27.2. The van der Waals surface area contributed by atoms with Crippen molar-refractivity contribution in [2.24, 2.45) is 0 Å². The molecule has 1 atom stereocenters. The number of nitrogens with one attached hydrogen (secondary N) is 1. The van der Waals surface area contributed by atoms with Gasteiger partial charge in [-0.05, 0) is 19.3 Å². The van der Waals surface area contributed by atoms with E-state index in [1.54, 1.807) is 0 Å². The molecule has 0 fully saturated rings. The number of hydrogen-bond acceptors (Lipinski definition) is 3. The van der Waals surface area contributed by atoms with E-state index < -0.39 is 7.60 Å². The summed E-state index contributed by atoms with van der Waals surface area (Å²) in [6, 6.07) is 0. The molecule has 0 saturated heterocycles. The quantitative estimate of drug-likeness (QED) is 0.0620. The number of carbonyl (C=O) groups excluding carboxylic acids is 1. The Morgan fingerprint density at radius 2 is 0.897 bits per heavy atom. The van der Waals surface area contributed by atoms with Gasteiger partial charge in [0.2, 0.25) is 5.91 Å². The Hall–Kier alpha value is -0.380. The number of unbranched alkanes of at least 4 members (excludes halogenated alkanes) is 25. The first-order chi connectivity index (χ1) is 19.0. The van der Waals surface area contributed by atoms with Gasteiger partial charge in [-0.25, -0.2) is 0 Å². The summed E-state index contributed by atoms with van der Waals surface area (Å²) < 4.78 is 15.9. The molecule has 39 heavy (non-hydrogen) atoms. The molecule has 1 unspecified atom stereocenters. The Morgan fingerprint density at radius 1 is 0.564 bits per heavy atom. The summed E-state index contributed by atoms with van der Waals surface area (Å²) in [6.07, 6.45) is 36.2. The largest absolute Gasteiger partial charge is 0.356 e. The van der Waals surface area contributed by atoms with E-state index in [-0.39, 0.29) is 5.91 Å². The molecule has 0 bridgehead atoms. The van der Waals surface area contributed by atoms with Crippen LogP contribution in [0.3, 0.4) is 0 Å². The van der Waals surface area contributed by atoms with Crippen molar-refractivity contribution in [1.29, 1.82) is 0 Å². The fraction of sp³-hybridized carbons (Fsp3) is 0.970. The highest BCUT2D eigenvalue weighted by atomic mass is 31.2. The van der Waals surface area contributed by atoms with E-state index in [1.165, 1.54) is 148 Å². The molecule has 0 aliphatic heterocycles. The number of carbonyl (C=O) groups is 1. The summed E-state index contributed by atoms with van der Waals surface area (Å²) in [5, 5.41) is 3.01. The maximum absolute atomic E-state index is 11.9. The van der Waals surface area contributed by atoms with Gasteiger partial charge < -0.3 is 14.7 Å². The predicted octanol–water partition coefficient (Wildman–Crippen LogP) is 10.9. The number of hydrogen-bond donors (Lipinski definition) is 2. The van der Waals surface area contributed by atoms with Crippen LogP contribution in [0.2, 0.25) is 0 Å². The minimum atomic E-state index is -3.33. The van der Waals surface area contributed by atoms with E-state index in [1.807, 2.05) is 0 Å². The fourth-order valence-corrected chi connectivity index (χ4v) is 5.67. The Bertz CT molecular complexity index is 552. The Kier molecular flexibility index (Phi) is 30.3. The standard InChI is InChI=1S/C33H68NO4P/c1-3-4-5-6-7-8-9-10-11-12-13-14-15-16-17-18-19-20-21-22-23-24-27-30-33(35)34-31-28-25-26-29-32-38-39(2,36)37/h3-32H2,1-2H3,(H,34,35)(H,36,37). The smallest absolute Gasteiger partial charge is 0.325 e. The second-order valence-electron chi connectivity index (χ2n) is 11.9. The molecule has 5 nitrogen and oxygen atoms in total. The lowest BCUT2D eigenvalue weighted by Gasteiger charge is -2.07. The van der Waals surface area contributed by atoms with E-state index in [0.29, 0.717) is 13.0 Å². The van der Waals surface area contributed by atoms with Crippen LogP contribution in [0.5, 0.6) is 0 Å². The Balaban J connectivity index is 3.15. The van der Waals surface area contributed by atoms with Crippen molar-refractivity contribution in [2.45, 2.75) is 187 Å². The van der Waals surface area contributed by atoms with Gasteiger partial charge in [0.1, 0.15) is 0 Å². The molecule has 0 aromatic rings. The molecular weight excluding hydrogens is 505 g/mol. The average Bonchev–Trinajstić information content (AvgIpc) is 2.90. The van der Waals surface area contributed by atoms with Crippen LogP contribution in [-0.2, 0) is 13.9 Å². The van der Waals surface area contributed by atoms with Crippen LogP contribution in [0.25, 0.3) is 0 Å². The molecule has 0 heterocycles. The maximum atomic E-state index is 11.9. The third kappa shape index (κ3) is 35.6. The van der Waals surface area contributed by atoms with E-state index >= 15 is 0 Å². The summed E-state index contributed by atoms with van der Waals surface area (Å²) in [6.45, 7) is 4.56. The van der Waals surface area contributed by atoms with Crippen LogP contribution in [0.15, 0.2) is 0 Å². The van der Waals surface area contributed by atoms with E-state index in [9.17, 15) is 9.36 Å². The highest BCUT2D eigenvalue weighted by molar-refractivity contribution is 7.51. The minimum Gasteiger partial charge on any atom is -0.356 e.